The van der Waals surface area contributed by atoms with Gasteiger partial charge in [-0.3, -0.25) is 14.5 Å². The first-order valence-electron chi connectivity index (χ1n) is 20.5. The average molecular weight is 801 g/mol. The van der Waals surface area contributed by atoms with Crippen LogP contribution in [0.25, 0.3) is 10.9 Å². The fourth-order valence-electron chi connectivity index (χ4n) is 6.10. The van der Waals surface area contributed by atoms with Crippen LogP contribution in [0.1, 0.15) is 95.0 Å². The summed E-state index contributed by atoms with van der Waals surface area (Å²) < 4.78 is 58.7. The number of carbonyl (C=O) groups is 2. The molecule has 3 aliphatic rings. The average Bonchev–Trinajstić information content (AvgIpc) is 4.00. The van der Waals surface area contributed by atoms with Crippen molar-refractivity contribution in [1.29, 1.82) is 0 Å². The molecule has 1 unspecified atom stereocenters. The van der Waals surface area contributed by atoms with Gasteiger partial charge in [0.05, 0.1) is 43.8 Å². The van der Waals surface area contributed by atoms with Crippen molar-refractivity contribution < 1.29 is 31.9 Å². The first kappa shape index (κ1) is 47.0. The zero-order chi connectivity index (χ0) is 41.8. The van der Waals surface area contributed by atoms with E-state index in [4.69, 9.17) is 10.5 Å². The summed E-state index contributed by atoms with van der Waals surface area (Å²) >= 11 is 0. The van der Waals surface area contributed by atoms with Gasteiger partial charge in [0.15, 0.2) is 0 Å². The van der Waals surface area contributed by atoms with Crippen LogP contribution in [0.2, 0.25) is 0 Å². The fraction of sp³-hybridized carbons (Fsp3) is 0.545. The lowest BCUT2D eigenvalue weighted by Crippen LogP contribution is -2.41. The van der Waals surface area contributed by atoms with E-state index in [2.05, 4.69) is 60.1 Å². The van der Waals surface area contributed by atoms with Gasteiger partial charge in [-0.05, 0) is 60.9 Å². The maximum absolute atomic E-state index is 13.4. The molecule has 2 aromatic carbocycles. The second-order valence-corrected chi connectivity index (χ2v) is 14.6. The number of H-pyrrole nitrogens is 1. The van der Waals surface area contributed by atoms with Crippen molar-refractivity contribution >= 4 is 22.7 Å². The van der Waals surface area contributed by atoms with Gasteiger partial charge in [-0.2, -0.15) is 13.2 Å². The number of alkyl halides is 3. The van der Waals surface area contributed by atoms with Crippen molar-refractivity contribution in [2.45, 2.75) is 98.1 Å². The SMILES string of the molecule is C=C(CNC(=O)C1CCc2[nH]c3c(C(F)(F)F)cccc3c2C1)NCCN1CCOCC1.CCCC.CCCC.NC(CNC(=O)Cc1ccccc1F)=C1CC1. The number of hydrogen-bond donors (Lipinski definition) is 5. The molecule has 316 valence electrons. The lowest BCUT2D eigenvalue weighted by atomic mass is 9.85. The summed E-state index contributed by atoms with van der Waals surface area (Å²) in [5.74, 6) is -0.916. The Bertz CT molecular complexity index is 1740. The van der Waals surface area contributed by atoms with Gasteiger partial charge in [-0.1, -0.05) is 90.3 Å². The minimum absolute atomic E-state index is 0.0509. The molecule has 2 amide bonds. The molecule has 0 bridgehead atoms. The zero-order valence-corrected chi connectivity index (χ0v) is 34.3. The number of ether oxygens (including phenoxy) is 1. The highest BCUT2D eigenvalue weighted by Crippen LogP contribution is 2.39. The number of nitrogens with zero attached hydrogens (tertiary/aromatic N) is 1. The highest BCUT2D eigenvalue weighted by atomic mass is 19.4. The number of nitrogens with one attached hydrogen (secondary N) is 4. The first-order valence-corrected chi connectivity index (χ1v) is 20.5. The molecule has 57 heavy (non-hydrogen) atoms. The maximum Gasteiger partial charge on any atom is 0.418 e. The highest BCUT2D eigenvalue weighted by molar-refractivity contribution is 5.89. The number of para-hydroxylation sites is 1. The molecule has 2 fully saturated rings. The number of aryl methyl sites for hydroxylation is 1. The number of nitrogens with two attached hydrogens (primary N) is 1. The van der Waals surface area contributed by atoms with E-state index in [1.807, 2.05) is 0 Å². The van der Waals surface area contributed by atoms with Gasteiger partial charge in [0.25, 0.3) is 0 Å². The van der Waals surface area contributed by atoms with Crippen molar-refractivity contribution in [3.63, 3.8) is 0 Å². The number of amides is 2. The number of carbonyl (C=O) groups excluding carboxylic acids is 2. The minimum Gasteiger partial charge on any atom is -0.401 e. The molecule has 1 saturated carbocycles. The van der Waals surface area contributed by atoms with Crippen molar-refractivity contribution in [3.05, 3.63) is 94.2 Å². The molecule has 1 saturated heterocycles. The van der Waals surface area contributed by atoms with Gasteiger partial charge in [0.2, 0.25) is 11.8 Å². The molecule has 6 rings (SSSR count). The van der Waals surface area contributed by atoms with E-state index in [0.717, 1.165) is 81.0 Å². The third-order valence-electron chi connectivity index (χ3n) is 10.0. The smallest absolute Gasteiger partial charge is 0.401 e. The first-order chi connectivity index (χ1) is 27.3. The summed E-state index contributed by atoms with van der Waals surface area (Å²) in [5, 5.41) is 9.41. The summed E-state index contributed by atoms with van der Waals surface area (Å²) in [6.07, 6.45) is 4.57. The van der Waals surface area contributed by atoms with Crippen LogP contribution in [0.4, 0.5) is 17.6 Å². The Morgan fingerprint density at radius 3 is 2.19 bits per heavy atom. The number of allylic oxidation sites excluding steroid dienone is 1. The minimum atomic E-state index is -4.42. The predicted molar refractivity (Wildman–Crippen MR) is 221 cm³/mol. The molecule has 1 aliphatic heterocycles. The molecule has 0 radical (unpaired) electrons. The number of benzene rings is 2. The summed E-state index contributed by atoms with van der Waals surface area (Å²) in [4.78, 5) is 29.6. The predicted octanol–water partition coefficient (Wildman–Crippen LogP) is 7.95. The van der Waals surface area contributed by atoms with Gasteiger partial charge in [-0.25, -0.2) is 4.39 Å². The molecular formula is C44H64F4N6O3. The molecule has 1 atom stereocenters. The van der Waals surface area contributed by atoms with E-state index >= 15 is 0 Å². The Balaban J connectivity index is 0.000000290. The third-order valence-corrected chi connectivity index (χ3v) is 10.0. The molecule has 13 heteroatoms. The van der Waals surface area contributed by atoms with Crippen LogP contribution in [0.15, 0.2) is 66.0 Å². The van der Waals surface area contributed by atoms with E-state index in [1.165, 1.54) is 43.4 Å². The summed E-state index contributed by atoms with van der Waals surface area (Å²) in [6, 6.07) is 10.5. The van der Waals surface area contributed by atoms with Gasteiger partial charge in [0, 0.05) is 54.6 Å². The van der Waals surface area contributed by atoms with Crippen LogP contribution < -0.4 is 21.7 Å². The number of unbranched alkanes of at least 4 members (excludes halogenated alkanes) is 2. The Labute approximate surface area is 336 Å². The van der Waals surface area contributed by atoms with Crippen LogP contribution >= 0.6 is 0 Å². The van der Waals surface area contributed by atoms with Crippen molar-refractivity contribution in [2.24, 2.45) is 11.7 Å². The van der Waals surface area contributed by atoms with Crippen molar-refractivity contribution in [2.75, 3.05) is 52.5 Å². The fourth-order valence-corrected chi connectivity index (χ4v) is 6.10. The molecule has 0 spiro atoms. The van der Waals surface area contributed by atoms with E-state index in [9.17, 15) is 27.2 Å². The third kappa shape index (κ3) is 16.2. The van der Waals surface area contributed by atoms with Crippen molar-refractivity contribution in [1.82, 2.24) is 25.8 Å². The number of rotatable bonds is 13. The summed E-state index contributed by atoms with van der Waals surface area (Å²) in [7, 11) is 0. The van der Waals surface area contributed by atoms with Gasteiger partial charge < -0.3 is 31.4 Å². The largest absolute Gasteiger partial charge is 0.418 e. The zero-order valence-electron chi connectivity index (χ0n) is 34.3. The Morgan fingerprint density at radius 2 is 1.58 bits per heavy atom. The molecule has 6 N–H and O–H groups in total. The van der Waals surface area contributed by atoms with Crippen LogP contribution in [0.3, 0.4) is 0 Å². The Hall–Kier alpha value is -4.36. The molecule has 2 heterocycles. The second-order valence-electron chi connectivity index (χ2n) is 14.6. The topological polar surface area (TPSA) is 125 Å². The molecule has 9 nitrogen and oxygen atoms in total. The lowest BCUT2D eigenvalue weighted by molar-refractivity contribution is -0.136. The molecule has 2 aliphatic carbocycles. The van der Waals surface area contributed by atoms with E-state index in [-0.39, 0.29) is 35.5 Å². The standard InChI is InChI=1S/C23H29F3N4O2.C13H15FN2O.2C4H10/c1-15(27-7-8-30-9-11-32-12-10-30)14-28-22(31)16-5-6-20-18(13-16)17-3-2-4-19(21(17)29-20)23(24,25)26;14-11-4-2-1-3-10(11)7-13(17)16-8-12(15)9-5-6-9;2*1-3-4-2/h2-4,16,27,29H,1,5-14H2,(H,28,31);1-4H,5-8,15H2,(H,16,17);2*3-4H2,1-2H3. The second kappa shape index (κ2) is 24.4. The molecular weight excluding hydrogens is 737 g/mol. The van der Waals surface area contributed by atoms with Crippen LogP contribution in [-0.2, 0) is 39.8 Å². The van der Waals surface area contributed by atoms with Crippen LogP contribution in [0.5, 0.6) is 0 Å². The number of halogens is 4. The van der Waals surface area contributed by atoms with E-state index < -0.39 is 11.7 Å². The summed E-state index contributed by atoms with van der Waals surface area (Å²) in [6.45, 7) is 18.4. The monoisotopic (exact) mass is 800 g/mol. The highest BCUT2D eigenvalue weighted by Gasteiger charge is 2.35. The number of aromatic nitrogens is 1. The lowest BCUT2D eigenvalue weighted by Gasteiger charge is -2.27. The molecule has 3 aromatic rings. The number of aromatic amines is 1. The number of fused-ring (bicyclic) bond motifs is 3. The van der Waals surface area contributed by atoms with Crippen LogP contribution in [0, 0.1) is 11.7 Å². The maximum atomic E-state index is 13.4. The number of morpholine rings is 1. The quantitative estimate of drug-likeness (QED) is 0.112. The number of hydrogen-bond acceptors (Lipinski definition) is 6. The van der Waals surface area contributed by atoms with Gasteiger partial charge >= 0.3 is 6.18 Å². The van der Waals surface area contributed by atoms with E-state index in [0.29, 0.717) is 43.3 Å². The Kier molecular flexibility index (Phi) is 20.1. The normalized spacial score (nSPS) is 16.0. The van der Waals surface area contributed by atoms with Gasteiger partial charge in [-0.15, -0.1) is 0 Å². The van der Waals surface area contributed by atoms with Crippen LogP contribution in [-0.4, -0.2) is 74.2 Å². The molecule has 1 aromatic heterocycles. The Morgan fingerprint density at radius 1 is 0.912 bits per heavy atom. The van der Waals surface area contributed by atoms with Crippen molar-refractivity contribution in [3.8, 4) is 0 Å². The van der Waals surface area contributed by atoms with Gasteiger partial charge in [0.1, 0.15) is 5.82 Å². The van der Waals surface area contributed by atoms with E-state index in [1.54, 1.807) is 24.3 Å². The summed E-state index contributed by atoms with van der Waals surface area (Å²) in [5.41, 5.74) is 9.92.